The van der Waals surface area contributed by atoms with Gasteiger partial charge in [-0.05, 0) is 12.8 Å². The molecule has 0 aromatic heterocycles. The Kier molecular flexibility index (Phi) is 4.02. The van der Waals surface area contributed by atoms with Gasteiger partial charge in [-0.3, -0.25) is 20.2 Å². The molecule has 1 saturated carbocycles. The highest BCUT2D eigenvalue weighted by Crippen LogP contribution is 2.28. The number of nitrogens with zero attached hydrogens (tertiary/aromatic N) is 1. The van der Waals surface area contributed by atoms with Crippen molar-refractivity contribution >= 4 is 5.97 Å². The molecular formula is C9H16N2O4. The van der Waals surface area contributed by atoms with Crippen LogP contribution in [0.1, 0.15) is 32.1 Å². The molecule has 0 heterocycles. The van der Waals surface area contributed by atoms with Crippen LogP contribution in [0.3, 0.4) is 0 Å². The Balaban J connectivity index is 2.57. The highest BCUT2D eigenvalue weighted by molar-refractivity contribution is 5.69. The molecule has 0 unspecified atom stereocenters. The summed E-state index contributed by atoms with van der Waals surface area (Å²) in [5.41, 5.74) is -0.597. The molecule has 0 saturated heterocycles. The predicted octanol–water partition coefficient (Wildman–Crippen LogP) is 0.640. The minimum Gasteiger partial charge on any atom is -0.480 e. The topological polar surface area (TPSA) is 92.5 Å². The van der Waals surface area contributed by atoms with Gasteiger partial charge in [-0.15, -0.1) is 0 Å². The number of nitro groups is 1. The second kappa shape index (κ2) is 5.06. The van der Waals surface area contributed by atoms with Crippen LogP contribution in [0.15, 0.2) is 0 Å². The van der Waals surface area contributed by atoms with Gasteiger partial charge in [-0.2, -0.15) is 0 Å². The fourth-order valence-electron chi connectivity index (χ4n) is 2.13. The minimum absolute atomic E-state index is 0.180. The van der Waals surface area contributed by atoms with E-state index in [-0.39, 0.29) is 18.0 Å². The second-order valence-corrected chi connectivity index (χ2v) is 4.08. The van der Waals surface area contributed by atoms with Gasteiger partial charge in [0.25, 0.3) is 0 Å². The molecule has 0 aromatic rings. The molecule has 1 rings (SSSR count). The van der Waals surface area contributed by atoms with Gasteiger partial charge in [0.15, 0.2) is 0 Å². The molecule has 0 bridgehead atoms. The van der Waals surface area contributed by atoms with E-state index in [0.29, 0.717) is 12.8 Å². The zero-order valence-electron chi connectivity index (χ0n) is 8.57. The van der Waals surface area contributed by atoms with Crippen molar-refractivity contribution in [3.05, 3.63) is 10.1 Å². The van der Waals surface area contributed by atoms with E-state index in [1.165, 1.54) is 0 Å². The third kappa shape index (κ3) is 3.83. The van der Waals surface area contributed by atoms with Gasteiger partial charge in [0.1, 0.15) is 0 Å². The van der Waals surface area contributed by atoms with Gasteiger partial charge in [0.05, 0.1) is 12.1 Å². The number of carboxylic acids is 1. The molecule has 2 N–H and O–H groups in total. The van der Waals surface area contributed by atoms with E-state index in [1.54, 1.807) is 0 Å². The van der Waals surface area contributed by atoms with Crippen LogP contribution in [0.4, 0.5) is 0 Å². The zero-order valence-corrected chi connectivity index (χ0v) is 8.57. The van der Waals surface area contributed by atoms with Gasteiger partial charge >= 0.3 is 5.97 Å². The van der Waals surface area contributed by atoms with Crippen molar-refractivity contribution in [2.24, 2.45) is 0 Å². The number of nitrogens with one attached hydrogen (secondary N) is 1. The highest BCUT2D eigenvalue weighted by Gasteiger charge is 2.36. The van der Waals surface area contributed by atoms with E-state index in [0.717, 1.165) is 19.3 Å². The Morgan fingerprint density at radius 3 is 2.47 bits per heavy atom. The summed E-state index contributed by atoms with van der Waals surface area (Å²) in [6.07, 6.45) is 4.33. The van der Waals surface area contributed by atoms with Crippen LogP contribution in [0.5, 0.6) is 0 Å². The van der Waals surface area contributed by atoms with Gasteiger partial charge in [-0.25, -0.2) is 0 Å². The number of carboxylic acid groups (broad SMARTS) is 1. The summed E-state index contributed by atoms with van der Waals surface area (Å²) in [6, 6.07) is 0. The molecule has 0 radical (unpaired) electrons. The first-order valence-electron chi connectivity index (χ1n) is 5.13. The quantitative estimate of drug-likeness (QED) is 0.519. The van der Waals surface area contributed by atoms with Crippen molar-refractivity contribution in [2.75, 3.05) is 13.1 Å². The number of aliphatic carboxylic acids is 1. The number of hydrogen-bond donors (Lipinski definition) is 2. The van der Waals surface area contributed by atoms with Gasteiger partial charge in [-0.1, -0.05) is 19.3 Å². The molecule has 1 aliphatic carbocycles. The van der Waals surface area contributed by atoms with Crippen molar-refractivity contribution < 1.29 is 14.8 Å². The Bertz CT molecular complexity index is 248. The average molecular weight is 216 g/mol. The van der Waals surface area contributed by atoms with Crippen molar-refractivity contribution in [3.8, 4) is 0 Å². The first kappa shape index (κ1) is 11.9. The summed E-state index contributed by atoms with van der Waals surface area (Å²) >= 11 is 0. The van der Waals surface area contributed by atoms with Crippen LogP contribution in [0.25, 0.3) is 0 Å². The SMILES string of the molecule is O=C(O)CNC1(C[N+](=O)[O-])CCCCC1. The monoisotopic (exact) mass is 216 g/mol. The summed E-state index contributed by atoms with van der Waals surface area (Å²) in [4.78, 5) is 20.6. The summed E-state index contributed by atoms with van der Waals surface area (Å²) in [6.45, 7) is -0.381. The van der Waals surface area contributed by atoms with E-state index in [9.17, 15) is 14.9 Å². The van der Waals surface area contributed by atoms with E-state index in [2.05, 4.69) is 5.32 Å². The van der Waals surface area contributed by atoms with Crippen LogP contribution < -0.4 is 5.32 Å². The lowest BCUT2D eigenvalue weighted by Gasteiger charge is -2.34. The van der Waals surface area contributed by atoms with Gasteiger partial charge in [0.2, 0.25) is 6.54 Å². The molecular weight excluding hydrogens is 200 g/mol. The molecule has 1 aliphatic rings. The van der Waals surface area contributed by atoms with Gasteiger partial charge < -0.3 is 5.11 Å². The lowest BCUT2D eigenvalue weighted by Crippen LogP contribution is -2.53. The molecule has 0 atom stereocenters. The molecule has 0 aromatic carbocycles. The largest absolute Gasteiger partial charge is 0.480 e. The van der Waals surface area contributed by atoms with E-state index < -0.39 is 11.5 Å². The standard InChI is InChI=1S/C9H16N2O4/c12-8(13)6-10-9(7-11(14)15)4-2-1-3-5-9/h10H,1-7H2,(H,12,13). The van der Waals surface area contributed by atoms with Crippen LogP contribution in [-0.2, 0) is 4.79 Å². The first-order chi connectivity index (χ1) is 7.04. The molecule has 15 heavy (non-hydrogen) atoms. The summed E-state index contributed by atoms with van der Waals surface area (Å²) in [5, 5.41) is 21.9. The van der Waals surface area contributed by atoms with Crippen molar-refractivity contribution in [2.45, 2.75) is 37.6 Å². The van der Waals surface area contributed by atoms with E-state index >= 15 is 0 Å². The van der Waals surface area contributed by atoms with Crippen LogP contribution >= 0.6 is 0 Å². The minimum atomic E-state index is -0.969. The average Bonchev–Trinajstić information content (AvgIpc) is 2.15. The van der Waals surface area contributed by atoms with Crippen molar-refractivity contribution in [3.63, 3.8) is 0 Å². The Hall–Kier alpha value is -1.17. The van der Waals surface area contributed by atoms with Crippen molar-refractivity contribution in [1.29, 1.82) is 0 Å². The Morgan fingerprint density at radius 1 is 1.40 bits per heavy atom. The highest BCUT2D eigenvalue weighted by atomic mass is 16.6. The van der Waals surface area contributed by atoms with Crippen LogP contribution in [0.2, 0.25) is 0 Å². The summed E-state index contributed by atoms with van der Waals surface area (Å²) in [7, 11) is 0. The number of carbonyl (C=O) groups is 1. The lowest BCUT2D eigenvalue weighted by atomic mass is 9.81. The lowest BCUT2D eigenvalue weighted by molar-refractivity contribution is -0.492. The number of hydrogen-bond acceptors (Lipinski definition) is 4. The smallest absolute Gasteiger partial charge is 0.317 e. The maximum absolute atomic E-state index is 10.5. The van der Waals surface area contributed by atoms with Crippen molar-refractivity contribution in [1.82, 2.24) is 5.32 Å². The molecule has 1 fully saturated rings. The molecule has 6 nitrogen and oxygen atoms in total. The summed E-state index contributed by atoms with van der Waals surface area (Å²) in [5.74, 6) is -0.969. The first-order valence-corrected chi connectivity index (χ1v) is 5.13. The molecule has 0 spiro atoms. The third-order valence-electron chi connectivity index (χ3n) is 2.86. The molecule has 86 valence electrons. The zero-order chi connectivity index (χ0) is 11.3. The van der Waals surface area contributed by atoms with E-state index in [4.69, 9.17) is 5.11 Å². The Morgan fingerprint density at radius 2 is 2.00 bits per heavy atom. The van der Waals surface area contributed by atoms with Gasteiger partial charge in [0, 0.05) is 4.92 Å². The maximum atomic E-state index is 10.5. The van der Waals surface area contributed by atoms with E-state index in [1.807, 2.05) is 0 Å². The maximum Gasteiger partial charge on any atom is 0.317 e. The fourth-order valence-corrected chi connectivity index (χ4v) is 2.13. The third-order valence-corrected chi connectivity index (χ3v) is 2.86. The molecule has 0 aliphatic heterocycles. The normalized spacial score (nSPS) is 19.7. The molecule has 0 amide bonds. The molecule has 6 heteroatoms. The number of rotatable bonds is 5. The predicted molar refractivity (Wildman–Crippen MR) is 53.3 cm³/mol. The Labute approximate surface area is 87.8 Å². The second-order valence-electron chi connectivity index (χ2n) is 4.08. The summed E-state index contributed by atoms with van der Waals surface area (Å²) < 4.78 is 0. The van der Waals surface area contributed by atoms with Crippen LogP contribution in [0, 0.1) is 10.1 Å². The fraction of sp³-hybridized carbons (Fsp3) is 0.889. The van der Waals surface area contributed by atoms with Crippen LogP contribution in [-0.4, -0.2) is 34.6 Å².